The Hall–Kier alpha value is -2.09. The van der Waals surface area contributed by atoms with Crippen LogP contribution >= 0.6 is 0 Å². The van der Waals surface area contributed by atoms with Crippen molar-refractivity contribution in [3.05, 3.63) is 65.0 Å². The van der Waals surface area contributed by atoms with Gasteiger partial charge in [0.1, 0.15) is 5.82 Å². The van der Waals surface area contributed by atoms with Crippen LogP contribution in [-0.2, 0) is 19.4 Å². The maximum Gasteiger partial charge on any atom is 0.107 e. The van der Waals surface area contributed by atoms with Gasteiger partial charge in [-0.1, -0.05) is 30.3 Å². The molecule has 2 aromatic carbocycles. The molecule has 100 valence electrons. The first-order valence-corrected chi connectivity index (χ1v) is 7.34. The largest absolute Gasteiger partial charge is 0.324 e. The monoisotopic (exact) mass is 262 g/mol. The van der Waals surface area contributed by atoms with E-state index in [1.807, 2.05) is 0 Å². The van der Waals surface area contributed by atoms with Gasteiger partial charge in [-0.2, -0.15) is 0 Å². The number of aromatic nitrogens is 2. The topological polar surface area (TPSA) is 17.8 Å². The molecule has 0 saturated heterocycles. The van der Waals surface area contributed by atoms with Crippen molar-refractivity contribution in [2.24, 2.45) is 0 Å². The van der Waals surface area contributed by atoms with Gasteiger partial charge in [0.15, 0.2) is 0 Å². The van der Waals surface area contributed by atoms with Gasteiger partial charge in [0, 0.05) is 6.54 Å². The van der Waals surface area contributed by atoms with Crippen LogP contribution in [0.5, 0.6) is 0 Å². The highest BCUT2D eigenvalue weighted by molar-refractivity contribution is 5.75. The number of fused-ring (bicyclic) bond motifs is 2. The number of para-hydroxylation sites is 2. The fraction of sp³-hybridized carbons (Fsp3) is 0.278. The Bertz CT molecular complexity index is 783. The van der Waals surface area contributed by atoms with Crippen LogP contribution in [-0.4, -0.2) is 9.55 Å². The lowest BCUT2D eigenvalue weighted by molar-refractivity contribution is 0.784. The zero-order chi connectivity index (χ0) is 13.5. The van der Waals surface area contributed by atoms with Crippen LogP contribution in [0, 0.1) is 6.92 Å². The molecule has 0 spiro atoms. The number of rotatable bonds is 2. The van der Waals surface area contributed by atoms with E-state index in [0.29, 0.717) is 0 Å². The van der Waals surface area contributed by atoms with Gasteiger partial charge in [0.2, 0.25) is 0 Å². The van der Waals surface area contributed by atoms with Crippen LogP contribution in [0.3, 0.4) is 0 Å². The molecule has 0 unspecified atom stereocenters. The van der Waals surface area contributed by atoms with Crippen molar-refractivity contribution >= 4 is 11.0 Å². The summed E-state index contributed by atoms with van der Waals surface area (Å²) in [6.45, 7) is 3.01. The summed E-state index contributed by atoms with van der Waals surface area (Å²) in [4.78, 5) is 4.64. The average molecular weight is 262 g/mol. The molecule has 0 atom stereocenters. The highest BCUT2D eigenvalue weighted by atomic mass is 15.1. The third kappa shape index (κ3) is 1.83. The van der Waals surface area contributed by atoms with Crippen LogP contribution in [0.25, 0.3) is 11.0 Å². The summed E-state index contributed by atoms with van der Waals surface area (Å²) < 4.78 is 2.31. The highest BCUT2D eigenvalue weighted by Gasteiger charge is 2.12. The van der Waals surface area contributed by atoms with Gasteiger partial charge in [-0.3, -0.25) is 0 Å². The number of benzene rings is 2. The van der Waals surface area contributed by atoms with E-state index >= 15 is 0 Å². The van der Waals surface area contributed by atoms with E-state index in [1.54, 1.807) is 11.1 Å². The first-order chi connectivity index (χ1) is 9.81. The van der Waals surface area contributed by atoms with Gasteiger partial charge in [-0.05, 0) is 55.0 Å². The predicted molar refractivity (Wildman–Crippen MR) is 82.0 cm³/mol. The molecule has 0 radical (unpaired) electrons. The van der Waals surface area contributed by atoms with Crippen molar-refractivity contribution in [1.29, 1.82) is 0 Å². The molecule has 0 amide bonds. The molecule has 2 heteroatoms. The summed E-state index contributed by atoms with van der Waals surface area (Å²) in [6.07, 6.45) is 3.81. The van der Waals surface area contributed by atoms with Gasteiger partial charge >= 0.3 is 0 Å². The van der Waals surface area contributed by atoms with E-state index in [9.17, 15) is 0 Å². The molecule has 3 aromatic rings. The molecule has 0 fully saturated rings. The van der Waals surface area contributed by atoms with Gasteiger partial charge in [-0.25, -0.2) is 4.98 Å². The Kier molecular flexibility index (Phi) is 2.62. The molecule has 0 bridgehead atoms. The van der Waals surface area contributed by atoms with Gasteiger partial charge in [-0.15, -0.1) is 0 Å². The number of nitrogens with zero attached hydrogens (tertiary/aromatic N) is 2. The van der Waals surface area contributed by atoms with Crippen LogP contribution < -0.4 is 0 Å². The van der Waals surface area contributed by atoms with Crippen LogP contribution in [0.1, 0.15) is 28.9 Å². The summed E-state index contributed by atoms with van der Waals surface area (Å²) >= 11 is 0. The molecular weight excluding hydrogens is 244 g/mol. The van der Waals surface area contributed by atoms with Gasteiger partial charge in [0.05, 0.1) is 11.0 Å². The first kappa shape index (κ1) is 11.7. The molecule has 2 nitrogen and oxygen atoms in total. The van der Waals surface area contributed by atoms with Crippen molar-refractivity contribution in [1.82, 2.24) is 9.55 Å². The molecular formula is C18H18N2. The Labute approximate surface area is 119 Å². The molecule has 1 aliphatic rings. The fourth-order valence-corrected chi connectivity index (χ4v) is 3.30. The van der Waals surface area contributed by atoms with Crippen molar-refractivity contribution in [3.8, 4) is 0 Å². The lowest BCUT2D eigenvalue weighted by atomic mass is 10.1. The van der Waals surface area contributed by atoms with Crippen molar-refractivity contribution in [2.75, 3.05) is 0 Å². The molecule has 0 N–H and O–H groups in total. The standard InChI is InChI=1S/C18H18N2/c1-13-19-17-7-2-3-8-18(17)20(13)12-14-9-10-15-5-4-6-16(15)11-14/h2-3,7-11H,4-6,12H2,1H3. The fourth-order valence-electron chi connectivity index (χ4n) is 3.30. The molecule has 4 rings (SSSR count). The van der Waals surface area contributed by atoms with E-state index in [-0.39, 0.29) is 0 Å². The Balaban J connectivity index is 1.76. The summed E-state index contributed by atoms with van der Waals surface area (Å²) in [5.41, 5.74) is 6.79. The molecule has 0 saturated carbocycles. The predicted octanol–water partition coefficient (Wildman–Crippen LogP) is 3.88. The number of hydrogen-bond acceptors (Lipinski definition) is 1. The number of aryl methyl sites for hydroxylation is 3. The second-order valence-corrected chi connectivity index (χ2v) is 5.69. The van der Waals surface area contributed by atoms with Crippen LogP contribution in [0.15, 0.2) is 42.5 Å². The van der Waals surface area contributed by atoms with E-state index in [0.717, 1.165) is 17.9 Å². The minimum atomic E-state index is 0.916. The molecule has 1 aliphatic carbocycles. The van der Waals surface area contributed by atoms with E-state index < -0.39 is 0 Å². The molecule has 20 heavy (non-hydrogen) atoms. The highest BCUT2D eigenvalue weighted by Crippen LogP contribution is 2.24. The molecule has 0 aliphatic heterocycles. The van der Waals surface area contributed by atoms with Crippen molar-refractivity contribution in [3.63, 3.8) is 0 Å². The van der Waals surface area contributed by atoms with Crippen molar-refractivity contribution in [2.45, 2.75) is 32.7 Å². The molecule has 1 aromatic heterocycles. The van der Waals surface area contributed by atoms with Crippen LogP contribution in [0.2, 0.25) is 0 Å². The lowest BCUT2D eigenvalue weighted by Gasteiger charge is -2.09. The lowest BCUT2D eigenvalue weighted by Crippen LogP contribution is -2.02. The van der Waals surface area contributed by atoms with E-state index in [2.05, 4.69) is 58.9 Å². The SMILES string of the molecule is Cc1nc2ccccc2n1Cc1ccc2c(c1)CCC2. The number of imidazole rings is 1. The quantitative estimate of drug-likeness (QED) is 0.685. The summed E-state index contributed by atoms with van der Waals surface area (Å²) in [6, 6.07) is 15.3. The van der Waals surface area contributed by atoms with E-state index in [4.69, 9.17) is 0 Å². The second kappa shape index (κ2) is 4.48. The maximum absolute atomic E-state index is 4.64. The minimum absolute atomic E-state index is 0.916. The third-order valence-corrected chi connectivity index (χ3v) is 4.35. The van der Waals surface area contributed by atoms with Gasteiger partial charge in [0.25, 0.3) is 0 Å². The Morgan fingerprint density at radius 3 is 2.85 bits per heavy atom. The number of hydrogen-bond donors (Lipinski definition) is 0. The smallest absolute Gasteiger partial charge is 0.107 e. The zero-order valence-corrected chi connectivity index (χ0v) is 11.8. The third-order valence-electron chi connectivity index (χ3n) is 4.35. The van der Waals surface area contributed by atoms with Gasteiger partial charge < -0.3 is 4.57 Å². The second-order valence-electron chi connectivity index (χ2n) is 5.69. The minimum Gasteiger partial charge on any atom is -0.324 e. The van der Waals surface area contributed by atoms with E-state index in [1.165, 1.54) is 30.3 Å². The maximum atomic E-state index is 4.64. The first-order valence-electron chi connectivity index (χ1n) is 7.34. The summed E-state index contributed by atoms with van der Waals surface area (Å²) in [7, 11) is 0. The van der Waals surface area contributed by atoms with Crippen LogP contribution in [0.4, 0.5) is 0 Å². The normalized spacial score (nSPS) is 13.8. The molecule has 1 heterocycles. The zero-order valence-electron chi connectivity index (χ0n) is 11.8. The Morgan fingerprint density at radius 1 is 1.05 bits per heavy atom. The average Bonchev–Trinajstić information content (AvgIpc) is 3.04. The Morgan fingerprint density at radius 2 is 1.90 bits per heavy atom. The summed E-state index contributed by atoms with van der Waals surface area (Å²) in [5, 5.41) is 0. The van der Waals surface area contributed by atoms with Crippen molar-refractivity contribution < 1.29 is 0 Å². The summed E-state index contributed by atoms with van der Waals surface area (Å²) in [5.74, 6) is 1.09.